The van der Waals surface area contributed by atoms with E-state index >= 15 is 0 Å². The first-order valence-electron chi connectivity index (χ1n) is 16.1. The van der Waals surface area contributed by atoms with Gasteiger partial charge in [0.05, 0.1) is 13.1 Å². The van der Waals surface area contributed by atoms with Gasteiger partial charge in [-0.2, -0.15) is 0 Å². The lowest BCUT2D eigenvalue weighted by Gasteiger charge is -2.36. The average Bonchev–Trinajstić information content (AvgIpc) is 3.29. The molecule has 1 fully saturated rings. The number of nitrogens with zero attached hydrogens (tertiary/aromatic N) is 4. The highest BCUT2D eigenvalue weighted by molar-refractivity contribution is 5.73. The number of nitrogens with two attached hydrogens (primary N) is 1. The Hall–Kier alpha value is -3.31. The quantitative estimate of drug-likeness (QED) is 0.117. The van der Waals surface area contributed by atoms with Gasteiger partial charge in [0.1, 0.15) is 11.0 Å². The molecular formula is C36H50N5+. The number of para-hydroxylation sites is 3. The number of anilines is 2. The van der Waals surface area contributed by atoms with Gasteiger partial charge in [-0.3, -0.25) is 10.6 Å². The number of imidazole rings is 1. The molecule has 41 heavy (non-hydrogen) atoms. The Balaban J connectivity index is 0.905. The molecule has 5 heteroatoms. The van der Waals surface area contributed by atoms with Crippen molar-refractivity contribution in [2.75, 3.05) is 43.4 Å². The number of hydrogen-bond acceptors (Lipinski definition) is 3. The van der Waals surface area contributed by atoms with E-state index in [4.69, 9.17) is 5.73 Å². The molecule has 0 saturated carbocycles. The molecule has 2 N–H and O–H groups in total. The minimum Gasteiger partial charge on any atom is -0.369 e. The van der Waals surface area contributed by atoms with E-state index in [1.54, 1.807) is 0 Å². The largest absolute Gasteiger partial charge is 0.369 e. The molecule has 3 aromatic carbocycles. The van der Waals surface area contributed by atoms with E-state index in [2.05, 4.69) is 104 Å². The number of piperazine rings is 1. The van der Waals surface area contributed by atoms with Gasteiger partial charge in [0.15, 0.2) is 0 Å². The Morgan fingerprint density at radius 3 is 1.76 bits per heavy atom. The summed E-state index contributed by atoms with van der Waals surface area (Å²) in [5.74, 6) is 0.865. The molecule has 0 bridgehead atoms. The average molecular weight is 553 g/mol. The summed E-state index contributed by atoms with van der Waals surface area (Å²) >= 11 is 0. The van der Waals surface area contributed by atoms with E-state index in [0.29, 0.717) is 0 Å². The zero-order chi connectivity index (χ0) is 28.1. The van der Waals surface area contributed by atoms with Crippen molar-refractivity contribution in [2.45, 2.75) is 77.3 Å². The summed E-state index contributed by atoms with van der Waals surface area (Å²) in [7, 11) is 0. The van der Waals surface area contributed by atoms with E-state index in [0.717, 1.165) is 32.1 Å². The monoisotopic (exact) mass is 552 g/mol. The predicted molar refractivity (Wildman–Crippen MR) is 173 cm³/mol. The fourth-order valence-corrected chi connectivity index (χ4v) is 6.37. The molecule has 5 nitrogen and oxygen atoms in total. The summed E-state index contributed by atoms with van der Waals surface area (Å²) in [5.41, 5.74) is 11.8. The fraction of sp³-hybridized carbons (Fsp3) is 0.472. The summed E-state index contributed by atoms with van der Waals surface area (Å²) in [4.78, 5) is 5.18. The highest BCUT2D eigenvalue weighted by Gasteiger charge is 2.20. The number of nitrogen functional groups attached to an aromatic ring is 1. The molecule has 4 aromatic rings. The van der Waals surface area contributed by atoms with Gasteiger partial charge >= 0.3 is 5.95 Å². The van der Waals surface area contributed by atoms with Crippen LogP contribution < -0.4 is 15.2 Å². The van der Waals surface area contributed by atoms with Crippen molar-refractivity contribution in [2.24, 2.45) is 0 Å². The van der Waals surface area contributed by atoms with E-state index < -0.39 is 0 Å². The van der Waals surface area contributed by atoms with Crippen LogP contribution in [-0.2, 0) is 13.1 Å². The van der Waals surface area contributed by atoms with E-state index in [9.17, 15) is 0 Å². The van der Waals surface area contributed by atoms with Gasteiger partial charge in [0.25, 0.3) is 0 Å². The highest BCUT2D eigenvalue weighted by atomic mass is 15.3. The number of hydrogen-bond donors (Lipinski definition) is 1. The molecule has 2 heterocycles. The maximum atomic E-state index is 6.69. The Morgan fingerprint density at radius 2 is 1.10 bits per heavy atom. The molecule has 5 rings (SSSR count). The van der Waals surface area contributed by atoms with Crippen molar-refractivity contribution in [3.63, 3.8) is 0 Å². The van der Waals surface area contributed by atoms with Crippen LogP contribution in [0.3, 0.4) is 0 Å². The van der Waals surface area contributed by atoms with Gasteiger partial charge in [-0.1, -0.05) is 112 Å². The van der Waals surface area contributed by atoms with Crippen LogP contribution in [-0.4, -0.2) is 42.2 Å². The Morgan fingerprint density at radius 1 is 0.561 bits per heavy atom. The second kappa shape index (κ2) is 15.6. The van der Waals surface area contributed by atoms with Crippen LogP contribution in [0.25, 0.3) is 11.0 Å². The van der Waals surface area contributed by atoms with E-state index in [1.165, 1.54) is 106 Å². The summed E-state index contributed by atoms with van der Waals surface area (Å²) in [6.07, 6.45) is 13.5. The molecule has 1 aromatic heterocycles. The molecule has 0 amide bonds. The number of aryl methyl sites for hydroxylation is 1. The SMILES string of the molecule is Nc1n(CCCCCCCCCCCCN2CCN(c3ccccc3)CC2)c2ccccc2[n+]1Cc1ccccc1. The first-order valence-corrected chi connectivity index (χ1v) is 16.1. The summed E-state index contributed by atoms with van der Waals surface area (Å²) in [6, 6.07) is 30.1. The number of fused-ring (bicyclic) bond motifs is 1. The zero-order valence-corrected chi connectivity index (χ0v) is 25.0. The van der Waals surface area contributed by atoms with Gasteiger partial charge in [-0.25, -0.2) is 9.13 Å². The van der Waals surface area contributed by atoms with Crippen LogP contribution in [0.5, 0.6) is 0 Å². The fourth-order valence-electron chi connectivity index (χ4n) is 6.37. The summed E-state index contributed by atoms with van der Waals surface area (Å²) < 4.78 is 4.58. The second-order valence-corrected chi connectivity index (χ2v) is 11.8. The number of aromatic nitrogens is 2. The van der Waals surface area contributed by atoms with Crippen LogP contribution in [0, 0.1) is 0 Å². The molecule has 0 radical (unpaired) electrons. The highest BCUT2D eigenvalue weighted by Crippen LogP contribution is 2.19. The molecule has 1 aliphatic rings. The van der Waals surface area contributed by atoms with Crippen LogP contribution in [0.1, 0.15) is 69.8 Å². The maximum Gasteiger partial charge on any atom is 0.356 e. The lowest BCUT2D eigenvalue weighted by atomic mass is 10.1. The number of rotatable bonds is 16. The third-order valence-corrected chi connectivity index (χ3v) is 8.80. The van der Waals surface area contributed by atoms with E-state index in [-0.39, 0.29) is 0 Å². The topological polar surface area (TPSA) is 41.3 Å². The lowest BCUT2D eigenvalue weighted by Crippen LogP contribution is -2.46. The van der Waals surface area contributed by atoms with Crippen molar-refractivity contribution in [3.8, 4) is 0 Å². The van der Waals surface area contributed by atoms with Crippen LogP contribution in [0.15, 0.2) is 84.9 Å². The van der Waals surface area contributed by atoms with Gasteiger partial charge in [-0.15, -0.1) is 0 Å². The smallest absolute Gasteiger partial charge is 0.356 e. The Labute approximate surface area is 247 Å². The second-order valence-electron chi connectivity index (χ2n) is 11.8. The maximum absolute atomic E-state index is 6.69. The van der Waals surface area contributed by atoms with Crippen molar-refractivity contribution in [1.82, 2.24) is 9.47 Å². The molecule has 0 atom stereocenters. The van der Waals surface area contributed by atoms with Crippen molar-refractivity contribution in [1.29, 1.82) is 0 Å². The third-order valence-electron chi connectivity index (χ3n) is 8.80. The molecule has 0 aliphatic carbocycles. The number of benzene rings is 3. The molecule has 0 spiro atoms. The normalized spacial score (nSPS) is 14.2. The van der Waals surface area contributed by atoms with Gasteiger partial charge in [0.2, 0.25) is 0 Å². The summed E-state index contributed by atoms with van der Waals surface area (Å²) in [5, 5.41) is 0. The third kappa shape index (κ3) is 8.36. The Bertz CT molecular complexity index is 1290. The van der Waals surface area contributed by atoms with Crippen LogP contribution in [0.2, 0.25) is 0 Å². The summed E-state index contributed by atoms with van der Waals surface area (Å²) in [6.45, 7) is 7.81. The molecular weight excluding hydrogens is 502 g/mol. The molecule has 218 valence electrons. The zero-order valence-electron chi connectivity index (χ0n) is 25.0. The number of unbranched alkanes of at least 4 members (excludes halogenated alkanes) is 9. The van der Waals surface area contributed by atoms with Crippen molar-refractivity contribution >= 4 is 22.7 Å². The molecule has 1 aliphatic heterocycles. The van der Waals surface area contributed by atoms with E-state index in [1.807, 2.05) is 0 Å². The minimum atomic E-state index is 0.811. The van der Waals surface area contributed by atoms with Gasteiger partial charge in [-0.05, 0) is 49.2 Å². The van der Waals surface area contributed by atoms with Gasteiger partial charge in [0, 0.05) is 31.9 Å². The van der Waals surface area contributed by atoms with Gasteiger partial charge < -0.3 is 4.90 Å². The Kier molecular flexibility index (Phi) is 11.1. The van der Waals surface area contributed by atoms with Crippen molar-refractivity contribution in [3.05, 3.63) is 90.5 Å². The van der Waals surface area contributed by atoms with Crippen LogP contribution >= 0.6 is 0 Å². The minimum absolute atomic E-state index is 0.811. The standard InChI is InChI=1S/C36H49N5/c37-36-40(34-23-15-16-24-35(34)41(36)31-32-19-11-9-12-20-32)26-18-8-6-4-2-1-3-5-7-17-25-38-27-29-39(30-28-38)33-21-13-10-14-22-33/h9-16,19-24,37H,1-8,17-18,25-31H2/p+1. The lowest BCUT2D eigenvalue weighted by molar-refractivity contribution is -0.648. The molecule has 0 unspecified atom stereocenters. The predicted octanol–water partition coefficient (Wildman–Crippen LogP) is 7.28. The van der Waals surface area contributed by atoms with Crippen molar-refractivity contribution < 1.29 is 4.57 Å². The molecule has 1 saturated heterocycles. The van der Waals surface area contributed by atoms with Crippen LogP contribution in [0.4, 0.5) is 11.6 Å². The first kappa shape index (κ1) is 29.2. The first-order chi connectivity index (χ1) is 20.3.